The molecule has 0 radical (unpaired) electrons. The minimum absolute atomic E-state index is 0.0265. The number of hydrogen-bond donors (Lipinski definition) is 8. The molecule has 4 aliphatic heterocycles. The van der Waals surface area contributed by atoms with Crippen molar-refractivity contribution in [3.05, 3.63) is 193 Å². The fraction of sp³-hybridized carbons (Fsp3) is 0.480. The average molecular weight is 1870 g/mol. The topological polar surface area (TPSA) is 342 Å². The van der Waals surface area contributed by atoms with Gasteiger partial charge in [0.1, 0.15) is 23.1 Å². The zero-order chi connectivity index (χ0) is 94.1. The van der Waals surface area contributed by atoms with Crippen molar-refractivity contribution in [2.45, 2.75) is 155 Å². The summed E-state index contributed by atoms with van der Waals surface area (Å²) in [7, 11) is 0. The average Bonchev–Trinajstić information content (AvgIpc) is 1.69. The van der Waals surface area contributed by atoms with E-state index in [1.807, 2.05) is 52.0 Å². The molecule has 12 amide bonds. The largest absolute Gasteiger partial charge is 0.361 e. The van der Waals surface area contributed by atoms with Gasteiger partial charge in [-0.05, 0) is 176 Å². The smallest absolute Gasteiger partial charge is 0.324 e. The van der Waals surface area contributed by atoms with Crippen molar-refractivity contribution in [2.24, 2.45) is 23.7 Å². The van der Waals surface area contributed by atoms with Crippen LogP contribution in [-0.4, -0.2) is 279 Å². The van der Waals surface area contributed by atoms with Gasteiger partial charge in [0, 0.05) is 195 Å². The van der Waals surface area contributed by atoms with Gasteiger partial charge in [-0.2, -0.15) is 0 Å². The number of aromatic nitrogens is 4. The number of H-pyrrole nitrogens is 4. The lowest BCUT2D eigenvalue weighted by atomic mass is 9.72. The number of piperidine rings is 4. The molecule has 16 rings (SSSR count). The number of imide groups is 4. The Balaban J connectivity index is 0.000000150. The fourth-order valence-corrected chi connectivity index (χ4v) is 24.5. The molecule has 28 nitrogen and oxygen atoms in total. The lowest BCUT2D eigenvalue weighted by Crippen LogP contribution is -2.55. The molecule has 132 heavy (non-hydrogen) atoms. The van der Waals surface area contributed by atoms with Gasteiger partial charge < -0.3 is 41.2 Å². The lowest BCUT2D eigenvalue weighted by molar-refractivity contribution is -0.135. The van der Waals surface area contributed by atoms with Crippen LogP contribution in [0.5, 0.6) is 0 Å². The number of aromatic amines is 4. The van der Waals surface area contributed by atoms with E-state index in [0.29, 0.717) is 128 Å². The number of nitrogens with one attached hydrogen (secondary N) is 8. The van der Waals surface area contributed by atoms with Crippen molar-refractivity contribution in [1.82, 2.24) is 80.4 Å². The van der Waals surface area contributed by atoms with Gasteiger partial charge in [-0.15, -0.1) is 73.4 Å². The molecule has 0 spiro atoms. The Kier molecular flexibility index (Phi) is 34.6. The summed E-state index contributed by atoms with van der Waals surface area (Å²) in [6.07, 6.45) is 22.5. The van der Waals surface area contributed by atoms with Crippen molar-refractivity contribution in [3.8, 4) is 0 Å². The normalized spacial score (nSPS) is 21.9. The molecule has 32 heteroatoms. The van der Waals surface area contributed by atoms with Crippen LogP contribution in [0.2, 0.25) is 0 Å². The van der Waals surface area contributed by atoms with Crippen molar-refractivity contribution >= 4 is 162 Å². The predicted molar refractivity (Wildman–Crippen MR) is 529 cm³/mol. The molecule has 8 heterocycles. The number of Topliss-reactive ketones (excluding diaryl/α,β-unsaturated/α-hetero) is 4. The second kappa shape index (κ2) is 46.1. The summed E-state index contributed by atoms with van der Waals surface area (Å²) < 4.78 is 0. The summed E-state index contributed by atoms with van der Waals surface area (Å²) in [5.41, 5.74) is 15.0. The minimum atomic E-state index is -0.394. The maximum atomic E-state index is 13.7. The molecule has 8 aliphatic rings. The third kappa shape index (κ3) is 22.5. The van der Waals surface area contributed by atoms with Gasteiger partial charge in [0.2, 0.25) is 23.6 Å². The molecule has 4 aromatic carbocycles. The molecule has 0 saturated carbocycles. The second-order valence-electron chi connectivity index (χ2n) is 35.7. The number of carbonyl (C=O) groups is 12. The molecule has 8 aromatic rings. The van der Waals surface area contributed by atoms with Gasteiger partial charge in [0.25, 0.3) is 0 Å². The standard InChI is InChI=1S/4C25H32N4O3S/c4*1-4-9-28-13-18(24(31)29(25(32)26-5-2)15-33-14-16(3)30)10-20-19-7-6-8-21-23(19)17(12-27-21)11-22(20)28/h4*4,6-8,12,18,20,22,27H,1,5,9-11,13-15H2,2-3H3,(H,26,32)/t4*18-,20-,22-/m1111/s1. The van der Waals surface area contributed by atoms with Crippen molar-refractivity contribution < 1.29 is 57.5 Å². The summed E-state index contributed by atoms with van der Waals surface area (Å²) in [5, 5.41) is 16.1. The van der Waals surface area contributed by atoms with Crippen molar-refractivity contribution in [1.29, 1.82) is 0 Å². The monoisotopic (exact) mass is 1870 g/mol. The second-order valence-corrected chi connectivity index (χ2v) is 39.5. The van der Waals surface area contributed by atoms with Gasteiger partial charge in [-0.3, -0.25) is 77.6 Å². The zero-order valence-corrected chi connectivity index (χ0v) is 80.5. The number of ketones is 4. The van der Waals surface area contributed by atoms with Crippen molar-refractivity contribution in [3.63, 3.8) is 0 Å². The first-order valence-corrected chi connectivity index (χ1v) is 50.8. The van der Waals surface area contributed by atoms with E-state index >= 15 is 0 Å². The van der Waals surface area contributed by atoms with Gasteiger partial charge in [0.05, 0.1) is 70.2 Å². The zero-order valence-electron chi connectivity index (χ0n) is 77.2. The first-order chi connectivity index (χ1) is 63.8. The first kappa shape index (κ1) is 99.2. The number of carbonyl (C=O) groups excluding carboxylic acids is 12. The Hall–Kier alpha value is -10.3. The summed E-state index contributed by atoms with van der Waals surface area (Å²) in [5.74, 6) is 0.855. The van der Waals surface area contributed by atoms with Crippen LogP contribution in [0.3, 0.4) is 0 Å². The third-order valence-corrected chi connectivity index (χ3v) is 30.8. The van der Waals surface area contributed by atoms with E-state index in [1.165, 1.54) is 160 Å². The molecule has 0 bridgehead atoms. The van der Waals surface area contributed by atoms with E-state index < -0.39 is 24.1 Å². The van der Waals surface area contributed by atoms with E-state index in [4.69, 9.17) is 0 Å². The Morgan fingerprint density at radius 1 is 0.341 bits per heavy atom. The number of urea groups is 4. The molecule has 8 N–H and O–H groups in total. The van der Waals surface area contributed by atoms with Gasteiger partial charge in [-0.1, -0.05) is 72.8 Å². The number of hydrogen-bond acceptors (Lipinski definition) is 20. The quantitative estimate of drug-likeness (QED) is 0.0143. The molecular formula is C100H128N16O12S4. The van der Waals surface area contributed by atoms with E-state index in [2.05, 4.69) is 185 Å². The molecular weight excluding hydrogens is 1750 g/mol. The highest BCUT2D eigenvalue weighted by molar-refractivity contribution is 8.00. The van der Waals surface area contributed by atoms with E-state index in [9.17, 15) is 57.5 Å². The van der Waals surface area contributed by atoms with E-state index in [0.717, 1.165) is 47.8 Å². The van der Waals surface area contributed by atoms with Gasteiger partial charge >= 0.3 is 24.1 Å². The Morgan fingerprint density at radius 3 is 0.727 bits per heavy atom. The fourth-order valence-electron chi connectivity index (χ4n) is 21.3. The molecule has 4 aromatic heterocycles. The van der Waals surface area contributed by atoms with Crippen LogP contribution in [0.1, 0.15) is 149 Å². The minimum Gasteiger partial charge on any atom is -0.361 e. The Labute approximate surface area is 790 Å². The summed E-state index contributed by atoms with van der Waals surface area (Å²) in [6, 6.07) is 25.0. The van der Waals surface area contributed by atoms with Crippen LogP contribution in [0.4, 0.5) is 19.2 Å². The van der Waals surface area contributed by atoms with Gasteiger partial charge in [0.15, 0.2) is 0 Å². The third-order valence-electron chi connectivity index (χ3n) is 26.6. The highest BCUT2D eigenvalue weighted by Crippen LogP contribution is 2.50. The molecule has 0 unspecified atom stereocenters. The van der Waals surface area contributed by atoms with Crippen LogP contribution >= 0.6 is 47.0 Å². The predicted octanol–water partition coefficient (Wildman–Crippen LogP) is 14.1. The van der Waals surface area contributed by atoms with Crippen LogP contribution in [-0.2, 0) is 64.0 Å². The lowest BCUT2D eigenvalue weighted by Gasteiger charge is -2.47. The molecule has 4 fully saturated rings. The summed E-state index contributed by atoms with van der Waals surface area (Å²) in [6.45, 7) is 36.0. The highest BCUT2D eigenvalue weighted by atomic mass is 32.2. The molecule has 704 valence electrons. The summed E-state index contributed by atoms with van der Waals surface area (Å²) in [4.78, 5) is 179. The maximum Gasteiger partial charge on any atom is 0.324 e. The number of likely N-dealkylation sites (tertiary alicyclic amines) is 4. The number of nitrogens with zero attached hydrogens (tertiary/aromatic N) is 8. The maximum absolute atomic E-state index is 13.7. The highest BCUT2D eigenvalue weighted by Gasteiger charge is 2.50. The number of rotatable bonds is 32. The Bertz CT molecular complexity index is 4930. The number of fused-ring (bicyclic) bond motifs is 8. The van der Waals surface area contributed by atoms with Crippen LogP contribution < -0.4 is 21.3 Å². The van der Waals surface area contributed by atoms with Crippen LogP contribution in [0.15, 0.2) is 148 Å². The molecule has 12 atom stereocenters. The SMILES string of the molecule is C=CCN1C[C@H](C(=O)N(CSCC(C)=O)C(=O)NCC)C[C@@H]2c3cccc4[nH]cc(c34)C[C@H]21.C=CCN1C[C@H](C(=O)N(CSCC(C)=O)C(=O)NCC)C[C@@H]2c3cccc4[nH]cc(c34)C[C@H]21.C=CCN1C[C@H](C(=O)N(CSCC(C)=O)C(=O)NCC)C[C@@H]2c3cccc4[nH]cc(c34)C[C@H]21.C=CCN1C[C@H](C(=O)N(CSCC(C)=O)C(=O)NCC)C[C@@H]2c3cccc4[nH]cc(c34)C[C@H]21. The first-order valence-electron chi connectivity index (χ1n) is 46.2. The molecule has 4 aliphatic carbocycles. The molecule has 4 saturated heterocycles. The van der Waals surface area contributed by atoms with Crippen LogP contribution in [0, 0.1) is 23.7 Å². The van der Waals surface area contributed by atoms with E-state index in [1.54, 1.807) is 0 Å². The number of amides is 12. The summed E-state index contributed by atoms with van der Waals surface area (Å²) >= 11 is 5.19. The van der Waals surface area contributed by atoms with Crippen molar-refractivity contribution in [2.75, 3.05) is 125 Å². The number of benzene rings is 4. The van der Waals surface area contributed by atoms with Crippen LogP contribution in [0.25, 0.3) is 43.6 Å². The number of thioether (sulfide) groups is 4. The van der Waals surface area contributed by atoms with Gasteiger partial charge in [-0.25, -0.2) is 19.2 Å². The van der Waals surface area contributed by atoms with E-state index in [-0.39, 0.29) is 141 Å². The Morgan fingerprint density at radius 2 is 0.545 bits per heavy atom.